The highest BCUT2D eigenvalue weighted by atomic mass is 16.7. The van der Waals surface area contributed by atoms with Crippen LogP contribution in [0, 0.1) is 5.41 Å². The summed E-state index contributed by atoms with van der Waals surface area (Å²) in [4.78, 5) is 2.52. The molecule has 0 aromatic heterocycles. The molecule has 3 aliphatic heterocycles. The molecule has 0 amide bonds. The van der Waals surface area contributed by atoms with Crippen LogP contribution in [0.25, 0.3) is 0 Å². The summed E-state index contributed by atoms with van der Waals surface area (Å²) in [6, 6.07) is 8.63. The number of hydrogen-bond donors (Lipinski definition) is 1. The second-order valence-electron chi connectivity index (χ2n) is 7.35. The number of anilines is 1. The van der Waals surface area contributed by atoms with E-state index in [0.29, 0.717) is 18.6 Å². The molecule has 4 nitrogen and oxygen atoms in total. The maximum atomic E-state index is 6.15. The van der Waals surface area contributed by atoms with Gasteiger partial charge in [0, 0.05) is 29.8 Å². The molecule has 4 heteroatoms. The van der Waals surface area contributed by atoms with Crippen molar-refractivity contribution in [3.8, 4) is 0 Å². The van der Waals surface area contributed by atoms with E-state index in [1.165, 1.54) is 43.4 Å². The monoisotopic (exact) mass is 300 g/mol. The van der Waals surface area contributed by atoms with Crippen LogP contribution in [0.2, 0.25) is 0 Å². The van der Waals surface area contributed by atoms with Crippen LogP contribution in [0.15, 0.2) is 24.3 Å². The first-order valence-corrected chi connectivity index (χ1v) is 8.71. The minimum atomic E-state index is -0.590. The molecule has 22 heavy (non-hydrogen) atoms. The number of para-hydroxylation sites is 1. The van der Waals surface area contributed by atoms with E-state index in [0.717, 1.165) is 13.1 Å². The second-order valence-corrected chi connectivity index (χ2v) is 7.35. The molecule has 1 aromatic rings. The lowest BCUT2D eigenvalue weighted by Gasteiger charge is -2.49. The first-order valence-electron chi connectivity index (χ1n) is 8.71. The Balaban J connectivity index is 1.55. The highest BCUT2D eigenvalue weighted by molar-refractivity contribution is 5.63. The summed E-state index contributed by atoms with van der Waals surface area (Å²) in [7, 11) is 0. The van der Waals surface area contributed by atoms with Gasteiger partial charge < -0.3 is 14.4 Å². The molecule has 2 spiro atoms. The summed E-state index contributed by atoms with van der Waals surface area (Å²) < 4.78 is 12.3. The largest absolute Gasteiger partial charge is 0.350 e. The smallest absolute Gasteiger partial charge is 0.232 e. The Bertz CT molecular complexity index is 576. The SMILES string of the molecule is c1ccc2c(c1)N1CC3(CCCCC3)CN[C@H]1C21OCCO1. The van der Waals surface area contributed by atoms with E-state index >= 15 is 0 Å². The quantitative estimate of drug-likeness (QED) is 0.798. The van der Waals surface area contributed by atoms with E-state index in [9.17, 15) is 0 Å². The van der Waals surface area contributed by atoms with Crippen molar-refractivity contribution in [2.45, 2.75) is 44.1 Å². The summed E-state index contributed by atoms with van der Waals surface area (Å²) in [5.41, 5.74) is 2.94. The standard InChI is InChI=1S/C18H24N2O2/c1-4-8-17(9-5-1)12-19-16-18(21-10-11-22-18)14-6-2-3-7-15(14)20(16)13-17/h2-3,6-7,16,19H,1,4-5,8-13H2/t16-/m1/s1. The summed E-state index contributed by atoms with van der Waals surface area (Å²) in [5, 5.41) is 3.80. The average molecular weight is 300 g/mol. The molecule has 118 valence electrons. The highest BCUT2D eigenvalue weighted by Crippen LogP contribution is 2.52. The van der Waals surface area contributed by atoms with Crippen molar-refractivity contribution in [2.75, 3.05) is 31.2 Å². The molecule has 1 saturated carbocycles. The van der Waals surface area contributed by atoms with Crippen molar-refractivity contribution >= 4 is 5.69 Å². The number of nitrogens with zero attached hydrogens (tertiary/aromatic N) is 1. The third-order valence-electron chi connectivity index (χ3n) is 6.07. The molecule has 4 aliphatic rings. The summed E-state index contributed by atoms with van der Waals surface area (Å²) in [6.45, 7) is 3.60. The molecule has 3 heterocycles. The predicted molar refractivity (Wildman–Crippen MR) is 84.7 cm³/mol. The molecule has 0 radical (unpaired) electrons. The fourth-order valence-electron chi connectivity index (χ4n) is 5.04. The summed E-state index contributed by atoms with van der Waals surface area (Å²) in [5.74, 6) is -0.590. The number of hydrogen-bond acceptors (Lipinski definition) is 4. The fraction of sp³-hybridized carbons (Fsp3) is 0.667. The molecule has 1 atom stereocenters. The van der Waals surface area contributed by atoms with Crippen LogP contribution in [0.5, 0.6) is 0 Å². The molecule has 0 unspecified atom stereocenters. The zero-order chi connectivity index (χ0) is 14.6. The van der Waals surface area contributed by atoms with Crippen molar-refractivity contribution in [3.05, 3.63) is 29.8 Å². The van der Waals surface area contributed by atoms with Crippen molar-refractivity contribution in [1.29, 1.82) is 0 Å². The molecule has 1 aromatic carbocycles. The topological polar surface area (TPSA) is 33.7 Å². The van der Waals surface area contributed by atoms with Gasteiger partial charge in [0.15, 0.2) is 0 Å². The maximum absolute atomic E-state index is 6.15. The number of nitrogens with one attached hydrogen (secondary N) is 1. The molecule has 5 rings (SSSR count). The Kier molecular flexibility index (Phi) is 2.85. The maximum Gasteiger partial charge on any atom is 0.232 e. The van der Waals surface area contributed by atoms with E-state index in [-0.39, 0.29) is 6.17 Å². The Hall–Kier alpha value is -1.10. The molecule has 2 saturated heterocycles. The lowest BCUT2D eigenvalue weighted by atomic mass is 9.72. The molecule has 0 bridgehead atoms. The first kappa shape index (κ1) is 13.3. The summed E-state index contributed by atoms with van der Waals surface area (Å²) >= 11 is 0. The van der Waals surface area contributed by atoms with Gasteiger partial charge in [0.25, 0.3) is 0 Å². The minimum Gasteiger partial charge on any atom is -0.350 e. The predicted octanol–water partition coefficient (Wildman–Crippen LogP) is 2.59. The van der Waals surface area contributed by atoms with E-state index in [4.69, 9.17) is 9.47 Å². The fourth-order valence-corrected chi connectivity index (χ4v) is 5.04. The van der Waals surface area contributed by atoms with Gasteiger partial charge in [0.1, 0.15) is 6.17 Å². The van der Waals surface area contributed by atoms with Crippen LogP contribution < -0.4 is 10.2 Å². The van der Waals surface area contributed by atoms with Crippen molar-refractivity contribution in [1.82, 2.24) is 5.32 Å². The normalized spacial score (nSPS) is 31.5. The lowest BCUT2D eigenvalue weighted by molar-refractivity contribution is -0.186. The van der Waals surface area contributed by atoms with Crippen molar-refractivity contribution < 1.29 is 9.47 Å². The molecule has 3 fully saturated rings. The van der Waals surface area contributed by atoms with E-state index in [1.807, 2.05) is 0 Å². The zero-order valence-corrected chi connectivity index (χ0v) is 13.0. The van der Waals surface area contributed by atoms with Gasteiger partial charge in [-0.1, -0.05) is 37.5 Å². The average Bonchev–Trinajstić information content (AvgIpc) is 3.15. The van der Waals surface area contributed by atoms with Crippen LogP contribution >= 0.6 is 0 Å². The Morgan fingerprint density at radius 1 is 1.05 bits per heavy atom. The lowest BCUT2D eigenvalue weighted by Crippen LogP contribution is -2.64. The van der Waals surface area contributed by atoms with Crippen molar-refractivity contribution in [2.24, 2.45) is 5.41 Å². The molecule has 1 N–H and O–H groups in total. The van der Waals surface area contributed by atoms with Gasteiger partial charge in [0.2, 0.25) is 5.79 Å². The number of benzene rings is 1. The second kappa shape index (κ2) is 4.70. The Labute approximate surface area is 131 Å². The van der Waals surface area contributed by atoms with Gasteiger partial charge in [-0.05, 0) is 18.9 Å². The zero-order valence-electron chi connectivity index (χ0n) is 13.0. The third kappa shape index (κ3) is 1.69. The Morgan fingerprint density at radius 3 is 2.64 bits per heavy atom. The first-order chi connectivity index (χ1) is 10.8. The van der Waals surface area contributed by atoms with Crippen LogP contribution in [-0.4, -0.2) is 32.5 Å². The number of rotatable bonds is 0. The molecular formula is C18H24N2O2. The number of fused-ring (bicyclic) bond motifs is 5. The van der Waals surface area contributed by atoms with E-state index < -0.39 is 5.79 Å². The molecular weight excluding hydrogens is 276 g/mol. The minimum absolute atomic E-state index is 0.125. The highest BCUT2D eigenvalue weighted by Gasteiger charge is 2.58. The number of ether oxygens (including phenoxy) is 2. The van der Waals surface area contributed by atoms with E-state index in [1.54, 1.807) is 0 Å². The van der Waals surface area contributed by atoms with Crippen molar-refractivity contribution in [3.63, 3.8) is 0 Å². The molecule has 1 aliphatic carbocycles. The Morgan fingerprint density at radius 2 is 1.82 bits per heavy atom. The van der Waals surface area contributed by atoms with Gasteiger partial charge in [-0.15, -0.1) is 0 Å². The summed E-state index contributed by atoms with van der Waals surface area (Å²) in [6.07, 6.45) is 6.97. The van der Waals surface area contributed by atoms with Gasteiger partial charge in [-0.25, -0.2) is 0 Å². The van der Waals surface area contributed by atoms with Crippen LogP contribution in [0.1, 0.15) is 37.7 Å². The van der Waals surface area contributed by atoms with E-state index in [2.05, 4.69) is 34.5 Å². The van der Waals surface area contributed by atoms with Gasteiger partial charge in [0.05, 0.1) is 13.2 Å². The van der Waals surface area contributed by atoms with Crippen LogP contribution in [-0.2, 0) is 15.3 Å². The van der Waals surface area contributed by atoms with Crippen LogP contribution in [0.4, 0.5) is 5.69 Å². The van der Waals surface area contributed by atoms with Gasteiger partial charge >= 0.3 is 0 Å². The van der Waals surface area contributed by atoms with Gasteiger partial charge in [-0.2, -0.15) is 0 Å². The van der Waals surface area contributed by atoms with Gasteiger partial charge in [-0.3, -0.25) is 5.32 Å². The third-order valence-corrected chi connectivity index (χ3v) is 6.07. The van der Waals surface area contributed by atoms with Crippen LogP contribution in [0.3, 0.4) is 0 Å².